The van der Waals surface area contributed by atoms with Gasteiger partial charge in [-0.05, 0) is 35.0 Å². The Morgan fingerprint density at radius 1 is 1.62 bits per heavy atom. The van der Waals surface area contributed by atoms with Crippen LogP contribution in [0.4, 0.5) is 0 Å². The van der Waals surface area contributed by atoms with Crippen LogP contribution in [0.5, 0.6) is 0 Å². The first kappa shape index (κ1) is 8.44. The second kappa shape index (κ2) is 2.96. The highest BCUT2D eigenvalue weighted by atomic mass is 79.9. The molecule has 4 heteroatoms. The summed E-state index contributed by atoms with van der Waals surface area (Å²) in [5.74, 6) is 0. The maximum absolute atomic E-state index is 4.25. The number of pyridine rings is 1. The minimum atomic E-state index is 0.821. The van der Waals surface area contributed by atoms with E-state index in [-0.39, 0.29) is 0 Å². The van der Waals surface area contributed by atoms with Crippen LogP contribution in [-0.4, -0.2) is 15.2 Å². The molecule has 2 heterocycles. The van der Waals surface area contributed by atoms with Gasteiger partial charge in [0.2, 0.25) is 0 Å². The molecule has 0 aliphatic heterocycles. The van der Waals surface area contributed by atoms with Crippen LogP contribution in [0, 0.1) is 6.92 Å². The van der Waals surface area contributed by atoms with Gasteiger partial charge in [0.15, 0.2) is 0 Å². The Morgan fingerprint density at radius 3 is 3.08 bits per heavy atom. The normalized spacial score (nSPS) is 10.6. The molecule has 0 aliphatic carbocycles. The van der Waals surface area contributed by atoms with Crippen molar-refractivity contribution in [3.63, 3.8) is 0 Å². The summed E-state index contributed by atoms with van der Waals surface area (Å²) in [5.41, 5.74) is 2.74. The fourth-order valence-electron chi connectivity index (χ4n) is 1.31. The van der Waals surface area contributed by atoms with Crippen molar-refractivity contribution in [2.24, 2.45) is 0 Å². The van der Waals surface area contributed by atoms with Gasteiger partial charge in [-0.15, -0.1) is 0 Å². The minimum Gasteiger partial charge on any atom is -0.277 e. The Kier molecular flexibility index (Phi) is 1.92. The number of hydrogen-bond acceptors (Lipinski definition) is 2. The summed E-state index contributed by atoms with van der Waals surface area (Å²) in [6.07, 6.45) is 1.75. The zero-order chi connectivity index (χ0) is 9.42. The molecule has 13 heavy (non-hydrogen) atoms. The van der Waals surface area contributed by atoms with E-state index in [0.29, 0.717) is 0 Å². The van der Waals surface area contributed by atoms with Gasteiger partial charge in [0.25, 0.3) is 0 Å². The Balaban J connectivity index is 2.89. The van der Waals surface area contributed by atoms with Gasteiger partial charge >= 0.3 is 0 Å². The van der Waals surface area contributed by atoms with Crippen molar-refractivity contribution in [2.75, 3.05) is 0 Å². The number of nitrogens with zero attached hydrogens (tertiary/aromatic N) is 2. The van der Waals surface area contributed by atoms with E-state index in [2.05, 4.69) is 37.7 Å². The smallest absolute Gasteiger partial charge is 0.114 e. The Hall–Kier alpha value is -1.16. The average Bonchev–Trinajstić information content (AvgIpc) is 2.47. The van der Waals surface area contributed by atoms with Crippen molar-refractivity contribution >= 4 is 32.9 Å². The first-order valence-corrected chi connectivity index (χ1v) is 4.65. The van der Waals surface area contributed by atoms with Crippen molar-refractivity contribution in [3.05, 3.63) is 28.6 Å². The molecule has 0 saturated carbocycles. The molecule has 0 unspecified atom stereocenters. The molecule has 0 radical (unpaired) electrons. The second-order valence-electron chi connectivity index (χ2n) is 2.77. The van der Waals surface area contributed by atoms with Crippen LogP contribution in [-0.2, 0) is 0 Å². The van der Waals surface area contributed by atoms with Crippen LogP contribution in [0.15, 0.2) is 17.2 Å². The molecule has 0 spiro atoms. The third-order valence-corrected chi connectivity index (χ3v) is 2.32. The molecule has 2 aromatic rings. The van der Waals surface area contributed by atoms with Gasteiger partial charge in [0.05, 0.1) is 11.4 Å². The molecule has 0 saturated heterocycles. The fraction of sp³-hybridized carbons (Fsp3) is 0.111. The number of fused-ring (bicyclic) bond motifs is 1. The number of aromatic amines is 1. The molecule has 0 fully saturated rings. The van der Waals surface area contributed by atoms with Gasteiger partial charge in [-0.25, -0.2) is 4.98 Å². The fourth-order valence-corrected chi connectivity index (χ4v) is 1.80. The molecule has 2 aromatic heterocycles. The number of hydrogen-bond donors (Lipinski definition) is 1. The number of aromatic nitrogens is 3. The van der Waals surface area contributed by atoms with E-state index in [1.165, 1.54) is 0 Å². The predicted octanol–water partition coefficient (Wildman–Crippen LogP) is 2.67. The molecular formula is C9H8BrN3. The van der Waals surface area contributed by atoms with Crippen LogP contribution in [0.3, 0.4) is 0 Å². The zero-order valence-electron chi connectivity index (χ0n) is 7.13. The third kappa shape index (κ3) is 1.27. The highest BCUT2D eigenvalue weighted by Crippen LogP contribution is 2.22. The summed E-state index contributed by atoms with van der Waals surface area (Å²) in [6, 6.07) is 1.93. The molecule has 2 rings (SSSR count). The van der Waals surface area contributed by atoms with Crippen LogP contribution in [0.25, 0.3) is 17.0 Å². The van der Waals surface area contributed by atoms with Crippen molar-refractivity contribution in [3.8, 4) is 0 Å². The number of halogens is 1. The molecule has 0 amide bonds. The lowest BCUT2D eigenvalue weighted by Gasteiger charge is -1.95. The summed E-state index contributed by atoms with van der Waals surface area (Å²) in [4.78, 5) is 4.25. The van der Waals surface area contributed by atoms with Crippen LogP contribution in [0.1, 0.15) is 11.4 Å². The van der Waals surface area contributed by atoms with Gasteiger partial charge in [0.1, 0.15) is 10.1 Å². The average molecular weight is 238 g/mol. The first-order valence-electron chi connectivity index (χ1n) is 3.86. The van der Waals surface area contributed by atoms with Crippen LogP contribution < -0.4 is 0 Å². The van der Waals surface area contributed by atoms with E-state index < -0.39 is 0 Å². The Morgan fingerprint density at radius 2 is 2.38 bits per heavy atom. The van der Waals surface area contributed by atoms with Gasteiger partial charge in [-0.1, -0.05) is 6.58 Å². The molecule has 66 valence electrons. The predicted molar refractivity (Wildman–Crippen MR) is 56.4 cm³/mol. The van der Waals surface area contributed by atoms with Crippen molar-refractivity contribution in [1.29, 1.82) is 0 Å². The van der Waals surface area contributed by atoms with Gasteiger partial charge in [-0.2, -0.15) is 5.10 Å². The van der Waals surface area contributed by atoms with Gasteiger partial charge < -0.3 is 0 Å². The molecular weight excluding hydrogens is 230 g/mol. The molecule has 0 bridgehead atoms. The Bertz CT molecular complexity index is 473. The lowest BCUT2D eigenvalue weighted by molar-refractivity contribution is 1.09. The number of H-pyrrole nitrogens is 1. The molecule has 3 nitrogen and oxygen atoms in total. The molecule has 0 atom stereocenters. The van der Waals surface area contributed by atoms with Crippen molar-refractivity contribution in [1.82, 2.24) is 15.2 Å². The molecule has 1 N–H and O–H groups in total. The van der Waals surface area contributed by atoms with Crippen LogP contribution >= 0.6 is 15.9 Å². The molecule has 0 aliphatic rings. The lowest BCUT2D eigenvalue weighted by atomic mass is 10.2. The maximum atomic E-state index is 4.25. The summed E-state index contributed by atoms with van der Waals surface area (Å²) < 4.78 is 0.821. The third-order valence-electron chi connectivity index (χ3n) is 1.92. The van der Waals surface area contributed by atoms with E-state index in [1.807, 2.05) is 13.0 Å². The highest BCUT2D eigenvalue weighted by Gasteiger charge is 2.06. The van der Waals surface area contributed by atoms with E-state index in [1.54, 1.807) is 6.08 Å². The first-order chi connectivity index (χ1) is 6.22. The Labute approximate surface area is 84.0 Å². The van der Waals surface area contributed by atoms with E-state index >= 15 is 0 Å². The summed E-state index contributed by atoms with van der Waals surface area (Å²) in [7, 11) is 0. The largest absolute Gasteiger partial charge is 0.277 e. The minimum absolute atomic E-state index is 0.821. The number of rotatable bonds is 1. The lowest BCUT2D eigenvalue weighted by Crippen LogP contribution is -1.83. The second-order valence-corrected chi connectivity index (χ2v) is 3.58. The van der Waals surface area contributed by atoms with E-state index in [4.69, 9.17) is 0 Å². The van der Waals surface area contributed by atoms with Gasteiger partial charge in [0, 0.05) is 5.39 Å². The number of aryl methyl sites for hydroxylation is 1. The highest BCUT2D eigenvalue weighted by molar-refractivity contribution is 9.10. The summed E-state index contributed by atoms with van der Waals surface area (Å²) >= 11 is 3.34. The van der Waals surface area contributed by atoms with E-state index in [0.717, 1.165) is 26.9 Å². The SMILES string of the molecule is C=Cc1[nH]nc2c(C)nc(Br)cc12. The van der Waals surface area contributed by atoms with Gasteiger partial charge in [-0.3, -0.25) is 5.10 Å². The number of nitrogens with one attached hydrogen (secondary N) is 1. The van der Waals surface area contributed by atoms with Crippen LogP contribution in [0.2, 0.25) is 0 Å². The van der Waals surface area contributed by atoms with E-state index in [9.17, 15) is 0 Å². The standard InChI is InChI=1S/C9H8BrN3/c1-3-7-6-4-8(10)11-5(2)9(6)13-12-7/h3-4H,1H2,2H3,(H,12,13). The molecule has 0 aromatic carbocycles. The van der Waals surface area contributed by atoms with Crippen molar-refractivity contribution < 1.29 is 0 Å². The topological polar surface area (TPSA) is 41.6 Å². The monoisotopic (exact) mass is 237 g/mol. The summed E-state index contributed by atoms with van der Waals surface area (Å²) in [6.45, 7) is 5.64. The maximum Gasteiger partial charge on any atom is 0.114 e. The van der Waals surface area contributed by atoms with Crippen molar-refractivity contribution in [2.45, 2.75) is 6.92 Å². The summed E-state index contributed by atoms with van der Waals surface area (Å²) in [5, 5.41) is 8.10. The zero-order valence-corrected chi connectivity index (χ0v) is 8.72. The quantitative estimate of drug-likeness (QED) is 0.776.